The van der Waals surface area contributed by atoms with Crippen molar-refractivity contribution in [2.24, 2.45) is 0 Å². The van der Waals surface area contributed by atoms with E-state index in [0.717, 1.165) is 0 Å². The first kappa shape index (κ1) is 11.1. The zero-order valence-electron chi connectivity index (χ0n) is 4.99. The summed E-state index contributed by atoms with van der Waals surface area (Å²) < 4.78 is 32.0. The molecule has 0 spiro atoms. The molecule has 0 fully saturated rings. The van der Waals surface area contributed by atoms with E-state index in [0.29, 0.717) is 14.1 Å². The topological polar surface area (TPSA) is 37.3 Å². The van der Waals surface area contributed by atoms with Crippen LogP contribution in [0.2, 0.25) is 0 Å². The molecule has 2 nitrogen and oxygen atoms in total. The number of alkyl halides is 3. The fourth-order valence-electron chi connectivity index (χ4n) is 0. The van der Waals surface area contributed by atoms with Gasteiger partial charge in [0.05, 0.1) is 7.18 Å². The van der Waals surface area contributed by atoms with Crippen LogP contribution < -0.4 is 0 Å². The predicted molar refractivity (Wildman–Crippen MR) is 25.3 cm³/mol. The molecule has 0 atom stereocenters. The van der Waals surface area contributed by atoms with Crippen molar-refractivity contribution in [3.63, 3.8) is 0 Å². The Morgan fingerprint density at radius 1 is 1.44 bits per heavy atom. The lowest BCUT2D eigenvalue weighted by Crippen LogP contribution is -2.22. The van der Waals surface area contributed by atoms with E-state index in [4.69, 9.17) is 5.11 Å². The van der Waals surface area contributed by atoms with Crippen molar-refractivity contribution < 1.29 is 23.1 Å². The maximum absolute atomic E-state index is 11.2. The quantitative estimate of drug-likeness (QED) is 0.602. The molecule has 0 aliphatic rings. The highest BCUT2D eigenvalue weighted by atomic mass is 19.3. The maximum atomic E-state index is 11.2. The van der Waals surface area contributed by atoms with Crippen LogP contribution in [0.5, 0.6) is 0 Å². The molecule has 0 radical (unpaired) electrons. The molecule has 0 aromatic heterocycles. The van der Waals surface area contributed by atoms with Gasteiger partial charge in [-0.05, 0) is 0 Å². The molecule has 0 aromatic rings. The monoisotopic (exact) mass is 144 g/mol. The fourth-order valence-corrected chi connectivity index (χ4v) is 0. The van der Waals surface area contributed by atoms with Crippen molar-refractivity contribution in [1.82, 2.24) is 0 Å². The number of rotatable bonds is 1. The third kappa shape index (κ3) is 7.26. The Kier molecular flexibility index (Phi) is 5.15. The van der Waals surface area contributed by atoms with Crippen LogP contribution >= 0.6 is 0 Å². The van der Waals surface area contributed by atoms with Gasteiger partial charge in [0.1, 0.15) is 0 Å². The highest BCUT2D eigenvalue weighted by Gasteiger charge is 2.31. The maximum Gasteiger partial charge on any atom is 0.374 e. The van der Waals surface area contributed by atoms with Gasteiger partial charge in [-0.15, -0.1) is 0 Å². The largest absolute Gasteiger partial charge is 0.477 e. The van der Waals surface area contributed by atoms with E-state index < -0.39 is 11.9 Å². The van der Waals surface area contributed by atoms with Crippen molar-refractivity contribution in [2.45, 2.75) is 12.8 Å². The normalized spacial score (nSPS) is 9.44. The number of aliphatic carboxylic acids is 1. The van der Waals surface area contributed by atoms with Gasteiger partial charge in [-0.1, -0.05) is 0 Å². The number of carboxylic acid groups (broad SMARTS) is 1. The van der Waals surface area contributed by atoms with E-state index in [-0.39, 0.29) is 0 Å². The molecule has 5 heteroatoms. The van der Waals surface area contributed by atoms with E-state index >= 15 is 0 Å². The van der Waals surface area contributed by atoms with Crippen LogP contribution in [0.15, 0.2) is 0 Å². The second kappa shape index (κ2) is 4.17. The average Bonchev–Trinajstić information content (AvgIpc) is 1.69. The van der Waals surface area contributed by atoms with E-state index in [2.05, 4.69) is 0 Å². The molecule has 0 rings (SSSR count). The second-order valence-electron chi connectivity index (χ2n) is 1.19. The molecule has 0 aromatic carbocycles. The molecule has 1 N–H and O–H groups in total. The first-order valence-electron chi connectivity index (χ1n) is 1.93. The highest BCUT2D eigenvalue weighted by Crippen LogP contribution is 2.09. The Bertz CT molecular complexity index is 86.3. The minimum absolute atomic E-state index is 0.329. The third-order valence-corrected chi connectivity index (χ3v) is 0.376. The van der Waals surface area contributed by atoms with E-state index in [1.54, 1.807) is 0 Å². The van der Waals surface area contributed by atoms with Gasteiger partial charge in [0, 0.05) is 6.92 Å². The van der Waals surface area contributed by atoms with E-state index in [9.17, 15) is 18.0 Å². The smallest absolute Gasteiger partial charge is 0.374 e. The number of halogens is 3. The molecule has 9 heavy (non-hydrogen) atoms. The molecule has 0 unspecified atom stereocenters. The Hall–Kier alpha value is -0.740. The van der Waals surface area contributed by atoms with Gasteiger partial charge >= 0.3 is 11.9 Å². The van der Waals surface area contributed by atoms with Crippen molar-refractivity contribution >= 4 is 5.97 Å². The van der Waals surface area contributed by atoms with Gasteiger partial charge in [-0.2, -0.15) is 8.78 Å². The lowest BCUT2D eigenvalue weighted by molar-refractivity contribution is -0.161. The van der Waals surface area contributed by atoms with Crippen LogP contribution in [0.4, 0.5) is 13.2 Å². The second-order valence-corrected chi connectivity index (χ2v) is 1.19. The van der Waals surface area contributed by atoms with Crippen LogP contribution in [0, 0.1) is 0 Å². The predicted octanol–water partition coefficient (Wildman–Crippen LogP) is 1.31. The van der Waals surface area contributed by atoms with Crippen molar-refractivity contribution in [1.29, 1.82) is 0 Å². The zero-order valence-corrected chi connectivity index (χ0v) is 4.99. The lowest BCUT2D eigenvalue weighted by atomic mass is 10.4. The summed E-state index contributed by atoms with van der Waals surface area (Å²) in [6.07, 6.45) is 0. The summed E-state index contributed by atoms with van der Waals surface area (Å²) in [6.45, 7) is 0.329. The van der Waals surface area contributed by atoms with Gasteiger partial charge < -0.3 is 5.11 Å². The molecule has 0 aliphatic carbocycles. The number of hydrogen-bond acceptors (Lipinski definition) is 1. The van der Waals surface area contributed by atoms with Crippen LogP contribution in [-0.2, 0) is 4.79 Å². The van der Waals surface area contributed by atoms with Crippen LogP contribution in [0.3, 0.4) is 0 Å². The molecule has 0 bridgehead atoms. The molecule has 0 heterocycles. The lowest BCUT2D eigenvalue weighted by Gasteiger charge is -1.98. The first-order valence-corrected chi connectivity index (χ1v) is 1.93. The fraction of sp³-hybridized carbons (Fsp3) is 0.750. The first-order chi connectivity index (χ1) is 3.94. The third-order valence-electron chi connectivity index (χ3n) is 0.376. The Balaban J connectivity index is 0. The zero-order chi connectivity index (χ0) is 8.08. The summed E-state index contributed by atoms with van der Waals surface area (Å²) in [5.41, 5.74) is 0. The summed E-state index contributed by atoms with van der Waals surface area (Å²) in [5, 5.41) is 7.50. The van der Waals surface area contributed by atoms with Crippen molar-refractivity contribution in [2.75, 3.05) is 7.18 Å². The van der Waals surface area contributed by atoms with E-state index in [1.165, 1.54) is 0 Å². The average molecular weight is 144 g/mol. The molecule has 0 amide bonds. The summed E-state index contributed by atoms with van der Waals surface area (Å²) in [6, 6.07) is 0. The molecular weight excluding hydrogens is 137 g/mol. The van der Waals surface area contributed by atoms with Crippen molar-refractivity contribution in [3.8, 4) is 0 Å². The van der Waals surface area contributed by atoms with Crippen molar-refractivity contribution in [3.05, 3.63) is 0 Å². The summed E-state index contributed by atoms with van der Waals surface area (Å²) in [7, 11) is 0.500. The summed E-state index contributed by atoms with van der Waals surface area (Å²) >= 11 is 0. The standard InChI is InChI=1S/C3H4F2O2.CH3F/c1-3(4,5)2(6)7;1-2/h1H3,(H,6,7);1H3. The molecular formula is C4H7F3O2. The summed E-state index contributed by atoms with van der Waals surface area (Å²) in [5.74, 6) is -5.67. The van der Waals surface area contributed by atoms with Gasteiger partial charge in [0.25, 0.3) is 0 Å². The SMILES string of the molecule is CC(F)(F)C(=O)O.CF. The van der Waals surface area contributed by atoms with Gasteiger partial charge in [0.15, 0.2) is 0 Å². The highest BCUT2D eigenvalue weighted by molar-refractivity contribution is 5.74. The minimum Gasteiger partial charge on any atom is -0.477 e. The van der Waals surface area contributed by atoms with Gasteiger partial charge in [-0.3, -0.25) is 4.39 Å². The van der Waals surface area contributed by atoms with Crippen LogP contribution in [-0.4, -0.2) is 24.2 Å². The molecule has 0 saturated carbocycles. The Labute approximate surface area is 50.3 Å². The molecule has 56 valence electrons. The van der Waals surface area contributed by atoms with Gasteiger partial charge in [0.2, 0.25) is 0 Å². The molecule has 0 aliphatic heterocycles. The van der Waals surface area contributed by atoms with Crippen LogP contribution in [0.25, 0.3) is 0 Å². The minimum atomic E-state index is -3.58. The van der Waals surface area contributed by atoms with Gasteiger partial charge in [-0.25, -0.2) is 4.79 Å². The Morgan fingerprint density at radius 2 is 1.56 bits per heavy atom. The number of carbonyl (C=O) groups is 1. The van der Waals surface area contributed by atoms with Crippen LogP contribution in [0.1, 0.15) is 6.92 Å². The summed E-state index contributed by atoms with van der Waals surface area (Å²) in [4.78, 5) is 9.27. The number of hydrogen-bond donors (Lipinski definition) is 1. The molecule has 0 saturated heterocycles. The Morgan fingerprint density at radius 3 is 1.56 bits per heavy atom. The van der Waals surface area contributed by atoms with E-state index in [1.807, 2.05) is 0 Å². The number of carboxylic acids is 1.